The van der Waals surface area contributed by atoms with E-state index in [1.54, 1.807) is 0 Å². The van der Waals surface area contributed by atoms with Gasteiger partial charge in [-0.05, 0) is 38.5 Å². The third-order valence-electron chi connectivity index (χ3n) is 5.05. The topological polar surface area (TPSA) is 115 Å². The van der Waals surface area contributed by atoms with Gasteiger partial charge in [-0.1, -0.05) is 64.2 Å². The van der Waals surface area contributed by atoms with Crippen molar-refractivity contribution < 1.29 is 30.0 Å². The van der Waals surface area contributed by atoms with Crippen molar-refractivity contribution in [1.82, 2.24) is 0 Å². The van der Waals surface area contributed by atoms with Gasteiger partial charge in [0.1, 0.15) is 0 Å². The van der Waals surface area contributed by atoms with Crippen LogP contribution in [0.1, 0.15) is 103 Å². The van der Waals surface area contributed by atoms with Gasteiger partial charge < -0.3 is 20.4 Å². The zero-order chi connectivity index (χ0) is 21.0. The Hall–Kier alpha value is -1.40. The van der Waals surface area contributed by atoms with E-state index in [0.29, 0.717) is 25.7 Å². The molecule has 0 aromatic rings. The summed E-state index contributed by atoms with van der Waals surface area (Å²) in [5.74, 6) is -2.21. The van der Waals surface area contributed by atoms with Crippen LogP contribution in [0.3, 0.4) is 0 Å². The SMILES string of the molecule is O=C(O)C(CCCCCCCCCO)=C(CCCCCCCCCO)C(=O)O. The highest BCUT2D eigenvalue weighted by Gasteiger charge is 2.19. The number of carboxylic acids is 2. The van der Waals surface area contributed by atoms with Crippen molar-refractivity contribution >= 4 is 11.9 Å². The van der Waals surface area contributed by atoms with Gasteiger partial charge in [0.15, 0.2) is 0 Å². The molecule has 6 nitrogen and oxygen atoms in total. The van der Waals surface area contributed by atoms with Gasteiger partial charge in [0.2, 0.25) is 0 Å². The quantitative estimate of drug-likeness (QED) is 0.174. The zero-order valence-corrected chi connectivity index (χ0v) is 17.3. The molecule has 0 atom stereocenters. The van der Waals surface area contributed by atoms with Crippen LogP contribution in [0.4, 0.5) is 0 Å². The van der Waals surface area contributed by atoms with Gasteiger partial charge >= 0.3 is 11.9 Å². The molecule has 4 N–H and O–H groups in total. The van der Waals surface area contributed by atoms with Gasteiger partial charge in [0.05, 0.1) is 0 Å². The van der Waals surface area contributed by atoms with E-state index in [2.05, 4.69) is 0 Å². The van der Waals surface area contributed by atoms with Crippen LogP contribution in [0.25, 0.3) is 0 Å². The van der Waals surface area contributed by atoms with Gasteiger partial charge in [-0.2, -0.15) is 0 Å². The van der Waals surface area contributed by atoms with Crippen LogP contribution in [0.15, 0.2) is 11.1 Å². The Kier molecular flexibility index (Phi) is 18.0. The van der Waals surface area contributed by atoms with E-state index in [4.69, 9.17) is 10.2 Å². The molecule has 0 aliphatic rings. The van der Waals surface area contributed by atoms with Gasteiger partial charge in [-0.3, -0.25) is 0 Å². The maximum Gasteiger partial charge on any atom is 0.332 e. The molecule has 0 saturated carbocycles. The summed E-state index contributed by atoms with van der Waals surface area (Å²) < 4.78 is 0. The minimum absolute atomic E-state index is 0.0655. The largest absolute Gasteiger partial charge is 0.478 e. The molecule has 0 fully saturated rings. The van der Waals surface area contributed by atoms with Crippen LogP contribution in [-0.4, -0.2) is 45.6 Å². The fraction of sp³-hybridized carbons (Fsp3) is 0.818. The first-order chi connectivity index (χ1) is 13.5. The molecule has 6 heteroatoms. The number of hydrogen-bond acceptors (Lipinski definition) is 4. The van der Waals surface area contributed by atoms with Crippen molar-refractivity contribution in [1.29, 1.82) is 0 Å². The fourth-order valence-corrected chi connectivity index (χ4v) is 3.37. The van der Waals surface area contributed by atoms with Crippen molar-refractivity contribution in [2.24, 2.45) is 0 Å². The number of aliphatic hydroxyl groups excluding tert-OH is 2. The van der Waals surface area contributed by atoms with Crippen LogP contribution in [-0.2, 0) is 9.59 Å². The van der Waals surface area contributed by atoms with E-state index in [9.17, 15) is 19.8 Å². The zero-order valence-electron chi connectivity index (χ0n) is 17.3. The lowest BCUT2D eigenvalue weighted by molar-refractivity contribution is -0.136. The minimum atomic E-state index is -1.11. The highest BCUT2D eigenvalue weighted by Crippen LogP contribution is 2.21. The van der Waals surface area contributed by atoms with Gasteiger partial charge in [-0.15, -0.1) is 0 Å². The maximum absolute atomic E-state index is 11.6. The molecule has 0 rings (SSSR count). The first-order valence-corrected chi connectivity index (χ1v) is 10.9. The fourth-order valence-electron chi connectivity index (χ4n) is 3.37. The molecule has 0 saturated heterocycles. The average molecular weight is 401 g/mol. The summed E-state index contributed by atoms with van der Waals surface area (Å²) in [5.41, 5.74) is 0.131. The molecule has 0 bridgehead atoms. The van der Waals surface area contributed by atoms with Crippen LogP contribution in [0.5, 0.6) is 0 Å². The molecule has 0 aliphatic heterocycles. The number of aliphatic hydroxyl groups is 2. The molecule has 28 heavy (non-hydrogen) atoms. The first-order valence-electron chi connectivity index (χ1n) is 10.9. The lowest BCUT2D eigenvalue weighted by Crippen LogP contribution is -2.12. The number of unbranched alkanes of at least 4 members (excludes halogenated alkanes) is 12. The Morgan fingerprint density at radius 2 is 0.679 bits per heavy atom. The molecule has 0 unspecified atom stereocenters. The summed E-state index contributed by atoms with van der Waals surface area (Å²) in [6, 6.07) is 0. The monoisotopic (exact) mass is 400 g/mol. The summed E-state index contributed by atoms with van der Waals surface area (Å²) in [7, 11) is 0. The standard InChI is InChI=1S/C22H40O6/c23-17-13-9-5-1-3-7-11-15-19(21(25)26)20(22(27)28)16-12-8-4-2-6-10-14-18-24/h23-24H,1-18H2,(H,25,26)(H,27,28). The van der Waals surface area contributed by atoms with E-state index in [1.807, 2.05) is 0 Å². The van der Waals surface area contributed by atoms with Crippen molar-refractivity contribution in [3.05, 3.63) is 11.1 Å². The van der Waals surface area contributed by atoms with Gasteiger partial charge in [-0.25, -0.2) is 9.59 Å². The van der Waals surface area contributed by atoms with E-state index >= 15 is 0 Å². The third kappa shape index (κ3) is 14.6. The molecule has 0 amide bonds. The highest BCUT2D eigenvalue weighted by atomic mass is 16.4. The summed E-state index contributed by atoms with van der Waals surface area (Å²) in [4.78, 5) is 23.1. The second kappa shape index (κ2) is 18.9. The first kappa shape index (κ1) is 26.6. The van der Waals surface area contributed by atoms with Crippen LogP contribution < -0.4 is 0 Å². The van der Waals surface area contributed by atoms with E-state index in [0.717, 1.165) is 77.0 Å². The van der Waals surface area contributed by atoms with Crippen molar-refractivity contribution in [2.45, 2.75) is 103 Å². The molecular weight excluding hydrogens is 360 g/mol. The highest BCUT2D eigenvalue weighted by molar-refractivity contribution is 5.98. The van der Waals surface area contributed by atoms with E-state index in [-0.39, 0.29) is 24.4 Å². The molecule has 0 radical (unpaired) electrons. The number of aliphatic carboxylic acids is 2. The molecule has 0 aromatic heterocycles. The number of carbonyl (C=O) groups is 2. The van der Waals surface area contributed by atoms with E-state index in [1.165, 1.54) is 0 Å². The van der Waals surface area contributed by atoms with Crippen LogP contribution >= 0.6 is 0 Å². The van der Waals surface area contributed by atoms with Gasteiger partial charge in [0, 0.05) is 24.4 Å². The third-order valence-corrected chi connectivity index (χ3v) is 5.05. The smallest absolute Gasteiger partial charge is 0.332 e. The van der Waals surface area contributed by atoms with Crippen LogP contribution in [0.2, 0.25) is 0 Å². The molecule has 0 aromatic carbocycles. The predicted octanol–water partition coefficient (Wildman–Crippen LogP) is 4.68. The Bertz CT molecular complexity index is 404. The summed E-state index contributed by atoms with van der Waals surface area (Å²) in [5, 5.41) is 36.4. The molecular formula is C22H40O6. The Morgan fingerprint density at radius 1 is 0.429 bits per heavy atom. The van der Waals surface area contributed by atoms with E-state index < -0.39 is 11.9 Å². The number of hydrogen-bond donors (Lipinski definition) is 4. The van der Waals surface area contributed by atoms with Crippen molar-refractivity contribution in [2.75, 3.05) is 13.2 Å². The average Bonchev–Trinajstić information content (AvgIpc) is 2.66. The second-order valence-electron chi connectivity index (χ2n) is 7.46. The summed E-state index contributed by atoms with van der Waals surface area (Å²) in [6.45, 7) is 0.461. The molecule has 0 aliphatic carbocycles. The second-order valence-corrected chi connectivity index (χ2v) is 7.46. The summed E-state index contributed by atoms with van der Waals surface area (Å²) in [6.07, 6.45) is 13.8. The summed E-state index contributed by atoms with van der Waals surface area (Å²) >= 11 is 0. The van der Waals surface area contributed by atoms with Crippen LogP contribution in [0, 0.1) is 0 Å². The normalized spacial score (nSPS) is 12.1. The van der Waals surface area contributed by atoms with Crippen molar-refractivity contribution in [3.63, 3.8) is 0 Å². The lowest BCUT2D eigenvalue weighted by atomic mass is 9.96. The number of carboxylic acid groups (broad SMARTS) is 2. The number of rotatable bonds is 20. The molecule has 0 heterocycles. The maximum atomic E-state index is 11.6. The molecule has 164 valence electrons. The van der Waals surface area contributed by atoms with Gasteiger partial charge in [0.25, 0.3) is 0 Å². The van der Waals surface area contributed by atoms with Crippen molar-refractivity contribution in [3.8, 4) is 0 Å². The Balaban J connectivity index is 4.26. The Labute approximate surface area is 169 Å². The minimum Gasteiger partial charge on any atom is -0.478 e. The lowest BCUT2D eigenvalue weighted by Gasteiger charge is -2.09. The Morgan fingerprint density at radius 3 is 0.929 bits per heavy atom. The molecule has 0 spiro atoms. The predicted molar refractivity (Wildman–Crippen MR) is 110 cm³/mol.